The third kappa shape index (κ3) is 2.62. The second kappa shape index (κ2) is 5.36. The van der Waals surface area contributed by atoms with Crippen molar-refractivity contribution in [2.45, 2.75) is 26.7 Å². The van der Waals surface area contributed by atoms with Crippen LogP contribution in [-0.2, 0) is 6.42 Å². The Morgan fingerprint density at radius 1 is 1.17 bits per heavy atom. The molecule has 1 N–H and O–H groups in total. The minimum atomic E-state index is 0.0781. The molecule has 0 amide bonds. The second-order valence-corrected chi connectivity index (χ2v) is 4.63. The van der Waals surface area contributed by atoms with Crippen LogP contribution in [0, 0.1) is 6.92 Å². The van der Waals surface area contributed by atoms with Crippen molar-refractivity contribution in [2.75, 3.05) is 0 Å². The van der Waals surface area contributed by atoms with Gasteiger partial charge in [-0.25, -0.2) is 4.98 Å². The summed E-state index contributed by atoms with van der Waals surface area (Å²) in [5.74, 6) is 0.607. The van der Waals surface area contributed by atoms with Crippen molar-refractivity contribution in [3.8, 4) is 17.3 Å². The first kappa shape index (κ1) is 12.8. The molecule has 2 aromatic rings. The molecule has 0 saturated carbocycles. The third-order valence-electron chi connectivity index (χ3n) is 2.79. The molecule has 0 unspecified atom stereocenters. The molecule has 4 heteroatoms. The van der Waals surface area contributed by atoms with Crippen LogP contribution in [0.4, 0.5) is 0 Å². The molecule has 0 bridgehead atoms. The summed E-state index contributed by atoms with van der Waals surface area (Å²) in [6.45, 7) is 3.96. The number of hydrogen-bond acceptors (Lipinski definition) is 3. The molecular formula is C14H15ClN2O. The van der Waals surface area contributed by atoms with Gasteiger partial charge in [0, 0.05) is 21.8 Å². The van der Waals surface area contributed by atoms with Crippen molar-refractivity contribution in [3.63, 3.8) is 0 Å². The zero-order valence-electron chi connectivity index (χ0n) is 10.4. The van der Waals surface area contributed by atoms with E-state index in [1.165, 1.54) is 0 Å². The number of nitrogens with zero attached hydrogens (tertiary/aromatic N) is 2. The van der Waals surface area contributed by atoms with Gasteiger partial charge in [-0.3, -0.25) is 0 Å². The van der Waals surface area contributed by atoms with Crippen LogP contribution in [0.1, 0.15) is 24.6 Å². The molecule has 3 nitrogen and oxygen atoms in total. The molecule has 18 heavy (non-hydrogen) atoms. The maximum atomic E-state index is 9.94. The van der Waals surface area contributed by atoms with Crippen LogP contribution in [0.2, 0.25) is 5.02 Å². The molecule has 0 spiro atoms. The number of aryl methyl sites for hydroxylation is 1. The number of aromatic nitrogens is 2. The molecule has 0 atom stereocenters. The Labute approximate surface area is 111 Å². The largest absolute Gasteiger partial charge is 0.493 e. The predicted octanol–water partition coefficient (Wildman–Crippen LogP) is 3.76. The first-order valence-electron chi connectivity index (χ1n) is 5.94. The Balaban J connectivity index is 2.44. The van der Waals surface area contributed by atoms with E-state index in [1.807, 2.05) is 19.1 Å². The summed E-state index contributed by atoms with van der Waals surface area (Å²) < 4.78 is 0. The van der Waals surface area contributed by atoms with Gasteiger partial charge < -0.3 is 5.11 Å². The van der Waals surface area contributed by atoms with Gasteiger partial charge in [-0.2, -0.15) is 4.98 Å². The van der Waals surface area contributed by atoms with Gasteiger partial charge in [0.15, 0.2) is 5.82 Å². The van der Waals surface area contributed by atoms with E-state index >= 15 is 0 Å². The van der Waals surface area contributed by atoms with Gasteiger partial charge in [0.05, 0.1) is 0 Å². The van der Waals surface area contributed by atoms with Gasteiger partial charge in [0.1, 0.15) is 0 Å². The zero-order valence-corrected chi connectivity index (χ0v) is 11.2. The third-order valence-corrected chi connectivity index (χ3v) is 3.05. The van der Waals surface area contributed by atoms with Crippen molar-refractivity contribution in [2.24, 2.45) is 0 Å². The number of benzene rings is 1. The summed E-state index contributed by atoms with van der Waals surface area (Å²) in [6.07, 6.45) is 1.75. The maximum absolute atomic E-state index is 9.94. The fraction of sp³-hybridized carbons (Fsp3) is 0.286. The Morgan fingerprint density at radius 3 is 2.39 bits per heavy atom. The van der Waals surface area contributed by atoms with E-state index in [0.29, 0.717) is 10.8 Å². The number of halogens is 1. The lowest BCUT2D eigenvalue weighted by atomic mass is 10.1. The van der Waals surface area contributed by atoms with Crippen molar-refractivity contribution in [1.82, 2.24) is 9.97 Å². The van der Waals surface area contributed by atoms with Crippen LogP contribution in [0.15, 0.2) is 24.3 Å². The number of hydrogen-bond donors (Lipinski definition) is 1. The van der Waals surface area contributed by atoms with Crippen molar-refractivity contribution < 1.29 is 5.11 Å². The highest BCUT2D eigenvalue weighted by atomic mass is 35.5. The summed E-state index contributed by atoms with van der Waals surface area (Å²) in [4.78, 5) is 8.59. The highest BCUT2D eigenvalue weighted by Crippen LogP contribution is 2.24. The first-order valence-corrected chi connectivity index (χ1v) is 6.32. The fourth-order valence-corrected chi connectivity index (χ4v) is 1.98. The minimum absolute atomic E-state index is 0.0781. The molecular weight excluding hydrogens is 248 g/mol. The number of rotatable bonds is 3. The molecule has 0 aliphatic rings. The zero-order chi connectivity index (χ0) is 13.1. The summed E-state index contributed by atoms with van der Waals surface area (Å²) in [6, 6.07) is 7.26. The summed E-state index contributed by atoms with van der Waals surface area (Å²) in [7, 11) is 0. The summed E-state index contributed by atoms with van der Waals surface area (Å²) >= 11 is 5.84. The molecule has 1 aromatic carbocycles. The highest BCUT2D eigenvalue weighted by molar-refractivity contribution is 6.30. The molecule has 2 rings (SSSR count). The van der Waals surface area contributed by atoms with Gasteiger partial charge in [-0.05, 0) is 37.6 Å². The summed E-state index contributed by atoms with van der Waals surface area (Å²) in [5, 5.41) is 10.6. The first-order chi connectivity index (χ1) is 8.61. The lowest BCUT2D eigenvalue weighted by molar-refractivity contribution is 0.443. The standard InChI is InChI=1S/C14H15ClN2O/c1-3-4-12-9(2)16-13(17-14(12)18)10-5-7-11(15)8-6-10/h5-8H,3-4H2,1-2H3,(H,16,17,18). The van der Waals surface area contributed by atoms with Crippen LogP contribution in [0.25, 0.3) is 11.4 Å². The second-order valence-electron chi connectivity index (χ2n) is 4.19. The Hall–Kier alpha value is -1.61. The SMILES string of the molecule is CCCc1c(C)nc(-c2ccc(Cl)cc2)nc1O. The number of aromatic hydroxyl groups is 1. The van der Waals surface area contributed by atoms with Crippen molar-refractivity contribution in [3.05, 3.63) is 40.5 Å². The van der Waals surface area contributed by atoms with Crippen LogP contribution < -0.4 is 0 Å². The monoisotopic (exact) mass is 262 g/mol. The van der Waals surface area contributed by atoms with Crippen LogP contribution >= 0.6 is 11.6 Å². The molecule has 1 heterocycles. The highest BCUT2D eigenvalue weighted by Gasteiger charge is 2.11. The van der Waals surface area contributed by atoms with E-state index in [9.17, 15) is 5.11 Å². The van der Waals surface area contributed by atoms with Crippen LogP contribution in [0.3, 0.4) is 0 Å². The molecule has 0 radical (unpaired) electrons. The van der Waals surface area contributed by atoms with E-state index in [4.69, 9.17) is 11.6 Å². The van der Waals surface area contributed by atoms with E-state index in [0.717, 1.165) is 29.7 Å². The van der Waals surface area contributed by atoms with E-state index in [-0.39, 0.29) is 5.88 Å². The average molecular weight is 263 g/mol. The fourth-order valence-electron chi connectivity index (χ4n) is 1.85. The Bertz CT molecular complexity index is 529. The van der Waals surface area contributed by atoms with E-state index < -0.39 is 0 Å². The maximum Gasteiger partial charge on any atom is 0.217 e. The van der Waals surface area contributed by atoms with Gasteiger partial charge >= 0.3 is 0 Å². The van der Waals surface area contributed by atoms with E-state index in [1.54, 1.807) is 12.1 Å². The minimum Gasteiger partial charge on any atom is -0.493 e. The van der Waals surface area contributed by atoms with Gasteiger partial charge in [0.2, 0.25) is 5.88 Å². The van der Waals surface area contributed by atoms with Crippen molar-refractivity contribution >= 4 is 11.6 Å². The predicted molar refractivity (Wildman–Crippen MR) is 72.9 cm³/mol. The Kier molecular flexibility index (Phi) is 3.82. The molecule has 0 aliphatic heterocycles. The normalized spacial score (nSPS) is 10.6. The lowest BCUT2D eigenvalue weighted by Crippen LogP contribution is -1.99. The van der Waals surface area contributed by atoms with Gasteiger partial charge in [0.25, 0.3) is 0 Å². The summed E-state index contributed by atoms with van der Waals surface area (Å²) in [5.41, 5.74) is 2.50. The van der Waals surface area contributed by atoms with Crippen LogP contribution in [-0.4, -0.2) is 15.1 Å². The van der Waals surface area contributed by atoms with Gasteiger partial charge in [-0.1, -0.05) is 24.9 Å². The molecule has 1 aromatic heterocycles. The molecule has 0 aliphatic carbocycles. The smallest absolute Gasteiger partial charge is 0.217 e. The quantitative estimate of drug-likeness (QED) is 0.916. The van der Waals surface area contributed by atoms with Gasteiger partial charge in [-0.15, -0.1) is 0 Å². The van der Waals surface area contributed by atoms with E-state index in [2.05, 4.69) is 16.9 Å². The average Bonchev–Trinajstić information content (AvgIpc) is 2.34. The molecule has 0 fully saturated rings. The Morgan fingerprint density at radius 2 is 1.83 bits per heavy atom. The van der Waals surface area contributed by atoms with Crippen LogP contribution in [0.5, 0.6) is 5.88 Å². The molecule has 0 saturated heterocycles. The topological polar surface area (TPSA) is 46.0 Å². The van der Waals surface area contributed by atoms with Crippen molar-refractivity contribution in [1.29, 1.82) is 0 Å². The molecule has 94 valence electrons. The lowest BCUT2D eigenvalue weighted by Gasteiger charge is -2.08.